The van der Waals surface area contributed by atoms with E-state index in [1.807, 2.05) is 6.92 Å². The highest BCUT2D eigenvalue weighted by Gasteiger charge is 2.12. The van der Waals surface area contributed by atoms with Crippen LogP contribution in [0.25, 0.3) is 0 Å². The Kier molecular flexibility index (Phi) is 3.62. The molecule has 0 aromatic heterocycles. The molecule has 0 radical (unpaired) electrons. The molecule has 0 fully saturated rings. The van der Waals surface area contributed by atoms with Crippen LogP contribution in [0.1, 0.15) is 12.5 Å². The molecule has 1 aromatic carbocycles. The van der Waals surface area contributed by atoms with E-state index >= 15 is 0 Å². The highest BCUT2D eigenvalue weighted by Crippen LogP contribution is 2.23. The number of anilines is 1. The summed E-state index contributed by atoms with van der Waals surface area (Å²) in [6, 6.07) is 4.21. The molecule has 15 heavy (non-hydrogen) atoms. The third-order valence-electron chi connectivity index (χ3n) is 1.82. The van der Waals surface area contributed by atoms with Crippen molar-refractivity contribution in [3.05, 3.63) is 33.9 Å². The number of rotatable bonds is 4. The van der Waals surface area contributed by atoms with Crippen molar-refractivity contribution in [3.8, 4) is 0 Å². The van der Waals surface area contributed by atoms with Crippen LogP contribution in [0.2, 0.25) is 0 Å². The zero-order valence-electron chi connectivity index (χ0n) is 8.08. The number of halogens is 1. The summed E-state index contributed by atoms with van der Waals surface area (Å²) in [6.07, 6.45) is 0. The second-order valence-corrected chi connectivity index (χ2v) is 3.21. The van der Waals surface area contributed by atoms with Gasteiger partial charge in [0.15, 0.2) is 0 Å². The Balaban J connectivity index is 3.20. The minimum Gasteiger partial charge on any atom is -0.385 e. The fourth-order valence-corrected chi connectivity index (χ4v) is 1.33. The second-order valence-electron chi connectivity index (χ2n) is 2.83. The van der Waals surface area contributed by atoms with Crippen molar-refractivity contribution in [1.82, 2.24) is 0 Å². The highest BCUT2D eigenvalue weighted by atomic mass is 35.5. The normalized spacial score (nSPS) is 9.73. The standard InChI is InChI=1S/C9H10ClN3O2/c1-2-12-8-4-3-6(13(14)15)5-7(8)9(10)11/h3-5,11-12H,2H2,1H3. The molecule has 1 aromatic rings. The Morgan fingerprint density at radius 2 is 2.33 bits per heavy atom. The molecule has 0 aliphatic rings. The van der Waals surface area contributed by atoms with Gasteiger partial charge in [-0.05, 0) is 13.0 Å². The Morgan fingerprint density at radius 1 is 1.67 bits per heavy atom. The Labute approximate surface area is 91.7 Å². The zero-order valence-corrected chi connectivity index (χ0v) is 8.84. The van der Waals surface area contributed by atoms with Crippen LogP contribution < -0.4 is 5.32 Å². The van der Waals surface area contributed by atoms with E-state index in [2.05, 4.69) is 5.32 Å². The SMILES string of the molecule is CCNc1ccc([N+](=O)[O-])cc1C(=N)Cl. The predicted molar refractivity (Wildman–Crippen MR) is 59.9 cm³/mol. The molecule has 0 atom stereocenters. The van der Waals surface area contributed by atoms with Crippen LogP contribution >= 0.6 is 11.6 Å². The van der Waals surface area contributed by atoms with Crippen molar-refractivity contribution in [1.29, 1.82) is 5.41 Å². The minimum atomic E-state index is -0.515. The van der Waals surface area contributed by atoms with E-state index in [1.54, 1.807) is 6.07 Å². The van der Waals surface area contributed by atoms with Crippen molar-refractivity contribution in [2.24, 2.45) is 0 Å². The van der Waals surface area contributed by atoms with E-state index in [9.17, 15) is 10.1 Å². The average Bonchev–Trinajstić information content (AvgIpc) is 2.18. The van der Waals surface area contributed by atoms with Crippen LogP contribution in [0.4, 0.5) is 11.4 Å². The van der Waals surface area contributed by atoms with Gasteiger partial charge < -0.3 is 5.32 Å². The molecule has 0 saturated carbocycles. The third kappa shape index (κ3) is 2.66. The summed E-state index contributed by atoms with van der Waals surface area (Å²) in [5, 5.41) is 20.6. The molecular weight excluding hydrogens is 218 g/mol. The number of hydrogen-bond donors (Lipinski definition) is 2. The number of non-ortho nitro benzene ring substituents is 1. The number of hydrogen-bond acceptors (Lipinski definition) is 4. The van der Waals surface area contributed by atoms with Gasteiger partial charge in [0.25, 0.3) is 5.69 Å². The van der Waals surface area contributed by atoms with Crippen LogP contribution in [-0.4, -0.2) is 16.6 Å². The molecule has 0 spiro atoms. The molecule has 80 valence electrons. The topological polar surface area (TPSA) is 79.0 Å². The van der Waals surface area contributed by atoms with Crippen molar-refractivity contribution in [3.63, 3.8) is 0 Å². The summed E-state index contributed by atoms with van der Waals surface area (Å²) >= 11 is 5.54. The maximum absolute atomic E-state index is 10.5. The summed E-state index contributed by atoms with van der Waals surface area (Å²) in [4.78, 5) is 10.0. The number of nitrogens with one attached hydrogen (secondary N) is 2. The first kappa shape index (κ1) is 11.5. The van der Waals surface area contributed by atoms with E-state index in [-0.39, 0.29) is 10.9 Å². The smallest absolute Gasteiger partial charge is 0.270 e. The summed E-state index contributed by atoms with van der Waals surface area (Å²) < 4.78 is 0. The lowest BCUT2D eigenvalue weighted by Crippen LogP contribution is -2.03. The molecule has 5 nitrogen and oxygen atoms in total. The van der Waals surface area contributed by atoms with Crippen LogP contribution in [0.3, 0.4) is 0 Å². The fourth-order valence-electron chi connectivity index (χ4n) is 1.17. The maximum atomic E-state index is 10.5. The summed E-state index contributed by atoms with van der Waals surface area (Å²) in [7, 11) is 0. The summed E-state index contributed by atoms with van der Waals surface area (Å²) in [5.74, 6) is 0. The van der Waals surface area contributed by atoms with E-state index < -0.39 is 4.92 Å². The molecule has 6 heteroatoms. The predicted octanol–water partition coefficient (Wildman–Crippen LogP) is 2.59. The van der Waals surface area contributed by atoms with Crippen LogP contribution in [0.5, 0.6) is 0 Å². The zero-order chi connectivity index (χ0) is 11.4. The second kappa shape index (κ2) is 4.75. The van der Waals surface area contributed by atoms with Gasteiger partial charge in [-0.2, -0.15) is 0 Å². The van der Waals surface area contributed by atoms with Gasteiger partial charge in [-0.25, -0.2) is 0 Å². The molecule has 2 N–H and O–H groups in total. The van der Waals surface area contributed by atoms with Gasteiger partial charge in [0, 0.05) is 29.9 Å². The van der Waals surface area contributed by atoms with Gasteiger partial charge >= 0.3 is 0 Å². The number of benzene rings is 1. The Bertz CT molecular complexity index is 406. The monoisotopic (exact) mass is 227 g/mol. The van der Waals surface area contributed by atoms with Gasteiger partial charge in [0.05, 0.1) is 4.92 Å². The third-order valence-corrected chi connectivity index (χ3v) is 2.02. The van der Waals surface area contributed by atoms with E-state index in [4.69, 9.17) is 17.0 Å². The number of nitro groups is 1. The lowest BCUT2D eigenvalue weighted by molar-refractivity contribution is -0.384. The highest BCUT2D eigenvalue weighted by molar-refractivity contribution is 6.69. The van der Waals surface area contributed by atoms with E-state index in [0.717, 1.165) is 0 Å². The molecular formula is C9H10ClN3O2. The van der Waals surface area contributed by atoms with Gasteiger partial charge in [-0.1, -0.05) is 11.6 Å². The van der Waals surface area contributed by atoms with Crippen LogP contribution in [-0.2, 0) is 0 Å². The van der Waals surface area contributed by atoms with Gasteiger partial charge in [-0.15, -0.1) is 0 Å². The largest absolute Gasteiger partial charge is 0.385 e. The number of nitro benzene ring substituents is 1. The van der Waals surface area contributed by atoms with Crippen molar-refractivity contribution in [2.75, 3.05) is 11.9 Å². The quantitative estimate of drug-likeness (QED) is 0.471. The van der Waals surface area contributed by atoms with Gasteiger partial charge in [-0.3, -0.25) is 15.5 Å². The first-order chi connectivity index (χ1) is 7.06. The lowest BCUT2D eigenvalue weighted by Gasteiger charge is -2.07. The van der Waals surface area contributed by atoms with E-state index in [0.29, 0.717) is 17.8 Å². The van der Waals surface area contributed by atoms with Crippen LogP contribution in [0.15, 0.2) is 18.2 Å². The molecule has 0 heterocycles. The first-order valence-electron chi connectivity index (χ1n) is 4.33. The molecule has 0 unspecified atom stereocenters. The Hall–Kier alpha value is -1.62. The minimum absolute atomic E-state index is 0.0722. The van der Waals surface area contributed by atoms with Crippen molar-refractivity contribution >= 4 is 28.1 Å². The van der Waals surface area contributed by atoms with Crippen molar-refractivity contribution in [2.45, 2.75) is 6.92 Å². The maximum Gasteiger partial charge on any atom is 0.270 e. The molecule has 1 rings (SSSR count). The lowest BCUT2D eigenvalue weighted by atomic mass is 10.1. The van der Waals surface area contributed by atoms with Gasteiger partial charge in [0.1, 0.15) is 5.17 Å². The van der Waals surface area contributed by atoms with Crippen molar-refractivity contribution < 1.29 is 4.92 Å². The fraction of sp³-hybridized carbons (Fsp3) is 0.222. The molecule has 0 bridgehead atoms. The molecule has 0 aliphatic carbocycles. The van der Waals surface area contributed by atoms with E-state index in [1.165, 1.54) is 12.1 Å². The molecule has 0 amide bonds. The molecule has 0 aliphatic heterocycles. The van der Waals surface area contributed by atoms with Gasteiger partial charge in [0.2, 0.25) is 0 Å². The average molecular weight is 228 g/mol. The Morgan fingerprint density at radius 3 is 2.80 bits per heavy atom. The molecule has 0 saturated heterocycles. The van der Waals surface area contributed by atoms with Crippen LogP contribution in [0, 0.1) is 15.5 Å². The summed E-state index contributed by atoms with van der Waals surface area (Å²) in [6.45, 7) is 2.55. The summed E-state index contributed by atoms with van der Waals surface area (Å²) in [5.41, 5.74) is 0.896. The first-order valence-corrected chi connectivity index (χ1v) is 4.70. The number of nitrogens with zero attached hydrogens (tertiary/aromatic N) is 1.